The molecule has 0 aliphatic carbocycles. The lowest BCUT2D eigenvalue weighted by molar-refractivity contribution is -0.134. The maximum Gasteiger partial charge on any atom is 0.223 e. The summed E-state index contributed by atoms with van der Waals surface area (Å²) in [6.07, 6.45) is 4.18. The first-order valence-corrected chi connectivity index (χ1v) is 8.37. The molecule has 1 saturated heterocycles. The van der Waals surface area contributed by atoms with Crippen LogP contribution in [0.2, 0.25) is 0 Å². The summed E-state index contributed by atoms with van der Waals surface area (Å²) >= 11 is 0. The number of hydrogen-bond donors (Lipinski definition) is 1. The Hall–Kier alpha value is -1.55. The van der Waals surface area contributed by atoms with Gasteiger partial charge in [0.25, 0.3) is 0 Å². The highest BCUT2D eigenvalue weighted by Gasteiger charge is 2.26. The van der Waals surface area contributed by atoms with E-state index in [0.717, 1.165) is 44.6 Å². The molecule has 22 heavy (non-hydrogen) atoms. The van der Waals surface area contributed by atoms with Crippen molar-refractivity contribution in [2.45, 2.75) is 58.0 Å². The second-order valence-corrected chi connectivity index (χ2v) is 6.21. The normalized spacial score (nSPS) is 21.7. The number of hydrogen-bond acceptors (Lipinski definition) is 3. The smallest absolute Gasteiger partial charge is 0.223 e. The number of rotatable bonds is 6. The van der Waals surface area contributed by atoms with Crippen molar-refractivity contribution in [1.29, 1.82) is 0 Å². The number of aryl methyl sites for hydroxylation is 1. The van der Waals surface area contributed by atoms with Crippen molar-refractivity contribution in [1.82, 2.24) is 4.90 Å². The third kappa shape index (κ3) is 4.73. The van der Waals surface area contributed by atoms with Crippen molar-refractivity contribution in [2.75, 3.05) is 13.2 Å². The summed E-state index contributed by atoms with van der Waals surface area (Å²) in [6, 6.07) is 8.58. The number of ether oxygens (including phenoxy) is 1. The highest BCUT2D eigenvalue weighted by molar-refractivity contribution is 5.76. The average molecular weight is 304 g/mol. The van der Waals surface area contributed by atoms with Crippen LogP contribution in [0.1, 0.15) is 45.1 Å². The fraction of sp³-hybridized carbons (Fsp3) is 0.611. The molecule has 0 saturated carbocycles. The van der Waals surface area contributed by atoms with Gasteiger partial charge in [-0.1, -0.05) is 19.1 Å². The summed E-state index contributed by atoms with van der Waals surface area (Å²) in [4.78, 5) is 14.3. The Morgan fingerprint density at radius 3 is 2.73 bits per heavy atom. The van der Waals surface area contributed by atoms with E-state index in [1.807, 2.05) is 29.2 Å². The summed E-state index contributed by atoms with van der Waals surface area (Å²) in [5.41, 5.74) is 7.13. The van der Waals surface area contributed by atoms with Crippen LogP contribution >= 0.6 is 0 Å². The highest BCUT2D eigenvalue weighted by Crippen LogP contribution is 2.18. The van der Waals surface area contributed by atoms with E-state index in [1.165, 1.54) is 5.56 Å². The first-order valence-electron chi connectivity index (χ1n) is 8.37. The lowest BCUT2D eigenvalue weighted by Crippen LogP contribution is -2.48. The molecule has 2 atom stereocenters. The summed E-state index contributed by atoms with van der Waals surface area (Å²) in [5.74, 6) is 1.14. The van der Waals surface area contributed by atoms with Crippen molar-refractivity contribution in [3.63, 3.8) is 0 Å². The summed E-state index contributed by atoms with van der Waals surface area (Å²) < 4.78 is 5.57. The molecule has 1 aromatic carbocycles. The number of carbonyl (C=O) groups excluding carboxylic acids is 1. The van der Waals surface area contributed by atoms with Crippen LogP contribution in [-0.4, -0.2) is 36.0 Å². The zero-order valence-corrected chi connectivity index (χ0v) is 13.8. The predicted octanol–water partition coefficient (Wildman–Crippen LogP) is 2.75. The molecular weight excluding hydrogens is 276 g/mol. The van der Waals surface area contributed by atoms with Crippen LogP contribution in [0.25, 0.3) is 0 Å². The number of piperidine rings is 1. The molecule has 2 N–H and O–H groups in total. The zero-order chi connectivity index (χ0) is 15.9. The van der Waals surface area contributed by atoms with Gasteiger partial charge in [-0.15, -0.1) is 0 Å². The van der Waals surface area contributed by atoms with Gasteiger partial charge in [-0.2, -0.15) is 0 Å². The molecule has 0 bridgehead atoms. The lowest BCUT2D eigenvalue weighted by Gasteiger charge is -2.36. The molecule has 1 aliphatic rings. The first-order chi connectivity index (χ1) is 10.6. The van der Waals surface area contributed by atoms with E-state index >= 15 is 0 Å². The fourth-order valence-electron chi connectivity index (χ4n) is 2.95. The number of amides is 1. The number of nitrogens with two attached hydrogens (primary N) is 1. The molecule has 0 aromatic heterocycles. The molecule has 0 radical (unpaired) electrons. The standard InChI is InChI=1S/C18H28N2O2/c1-3-12-22-17-7-4-15(5-8-17)6-9-18(21)20-11-10-16(19)13-14(20)2/h4-5,7-8,14,16H,3,6,9-13,19H2,1-2H3/t14-,16-/m1/s1. The molecule has 4 nitrogen and oxygen atoms in total. The summed E-state index contributed by atoms with van der Waals surface area (Å²) in [5, 5.41) is 0. The van der Waals surface area contributed by atoms with E-state index in [1.54, 1.807) is 0 Å². The monoisotopic (exact) mass is 304 g/mol. The number of nitrogens with zero attached hydrogens (tertiary/aromatic N) is 1. The largest absolute Gasteiger partial charge is 0.494 e. The molecule has 1 heterocycles. The van der Waals surface area contributed by atoms with Gasteiger partial charge >= 0.3 is 0 Å². The van der Waals surface area contributed by atoms with Gasteiger partial charge in [0.05, 0.1) is 6.61 Å². The van der Waals surface area contributed by atoms with E-state index in [2.05, 4.69) is 13.8 Å². The van der Waals surface area contributed by atoms with Gasteiger partial charge in [0.15, 0.2) is 0 Å². The van der Waals surface area contributed by atoms with Crippen LogP contribution in [0, 0.1) is 0 Å². The van der Waals surface area contributed by atoms with Gasteiger partial charge in [0.2, 0.25) is 5.91 Å². The second-order valence-electron chi connectivity index (χ2n) is 6.21. The Bertz CT molecular complexity index is 472. The third-order valence-electron chi connectivity index (χ3n) is 4.26. The zero-order valence-electron chi connectivity index (χ0n) is 13.8. The van der Waals surface area contributed by atoms with Crippen LogP contribution in [-0.2, 0) is 11.2 Å². The quantitative estimate of drug-likeness (QED) is 0.879. The number of carbonyl (C=O) groups is 1. The van der Waals surface area contributed by atoms with Gasteiger partial charge in [0.1, 0.15) is 5.75 Å². The SMILES string of the molecule is CCCOc1ccc(CCC(=O)N2CC[C@@H](N)C[C@H]2C)cc1. The van der Waals surface area contributed by atoms with Crippen LogP contribution in [0.3, 0.4) is 0 Å². The molecule has 122 valence electrons. The fourth-order valence-corrected chi connectivity index (χ4v) is 2.95. The molecular formula is C18H28N2O2. The van der Waals surface area contributed by atoms with Crippen LogP contribution in [0.4, 0.5) is 0 Å². The number of likely N-dealkylation sites (tertiary alicyclic amines) is 1. The van der Waals surface area contributed by atoms with Gasteiger partial charge in [-0.25, -0.2) is 0 Å². The molecule has 1 aromatic rings. The molecule has 0 unspecified atom stereocenters. The minimum Gasteiger partial charge on any atom is -0.494 e. The molecule has 1 fully saturated rings. The Morgan fingerprint density at radius 1 is 1.36 bits per heavy atom. The van der Waals surface area contributed by atoms with E-state index in [-0.39, 0.29) is 18.0 Å². The lowest BCUT2D eigenvalue weighted by atomic mass is 9.98. The molecule has 2 rings (SSSR count). The molecule has 1 amide bonds. The highest BCUT2D eigenvalue weighted by atomic mass is 16.5. The van der Waals surface area contributed by atoms with Crippen LogP contribution in [0.5, 0.6) is 5.75 Å². The van der Waals surface area contributed by atoms with Gasteiger partial charge in [-0.3, -0.25) is 4.79 Å². The van der Waals surface area contributed by atoms with E-state index in [0.29, 0.717) is 6.42 Å². The predicted molar refractivity (Wildman–Crippen MR) is 88.9 cm³/mol. The van der Waals surface area contributed by atoms with E-state index in [9.17, 15) is 4.79 Å². The maximum absolute atomic E-state index is 12.4. The van der Waals surface area contributed by atoms with Crippen molar-refractivity contribution in [3.8, 4) is 5.75 Å². The Morgan fingerprint density at radius 2 is 2.09 bits per heavy atom. The van der Waals surface area contributed by atoms with Gasteiger partial charge in [0, 0.05) is 25.0 Å². The minimum absolute atomic E-state index is 0.241. The Labute approximate surface area is 133 Å². The molecule has 0 spiro atoms. The van der Waals surface area contributed by atoms with E-state index < -0.39 is 0 Å². The second kappa shape index (κ2) is 8.18. The average Bonchev–Trinajstić information content (AvgIpc) is 2.51. The van der Waals surface area contributed by atoms with Crippen molar-refractivity contribution < 1.29 is 9.53 Å². The van der Waals surface area contributed by atoms with Crippen LogP contribution in [0.15, 0.2) is 24.3 Å². The Balaban J connectivity index is 1.80. The first kappa shape index (κ1) is 16.8. The van der Waals surface area contributed by atoms with E-state index in [4.69, 9.17) is 10.5 Å². The van der Waals surface area contributed by atoms with Crippen molar-refractivity contribution in [2.24, 2.45) is 5.73 Å². The van der Waals surface area contributed by atoms with Crippen LogP contribution < -0.4 is 10.5 Å². The summed E-state index contributed by atoms with van der Waals surface area (Å²) in [7, 11) is 0. The van der Waals surface area contributed by atoms with Gasteiger partial charge in [-0.05, 0) is 50.3 Å². The Kier molecular flexibility index (Phi) is 6.25. The minimum atomic E-state index is 0.241. The number of benzene rings is 1. The topological polar surface area (TPSA) is 55.6 Å². The maximum atomic E-state index is 12.4. The van der Waals surface area contributed by atoms with Gasteiger partial charge < -0.3 is 15.4 Å². The third-order valence-corrected chi connectivity index (χ3v) is 4.26. The van der Waals surface area contributed by atoms with Crippen molar-refractivity contribution in [3.05, 3.63) is 29.8 Å². The van der Waals surface area contributed by atoms with Crippen molar-refractivity contribution >= 4 is 5.91 Å². The molecule has 1 aliphatic heterocycles. The summed E-state index contributed by atoms with van der Waals surface area (Å²) in [6.45, 7) is 5.73. The molecule has 4 heteroatoms.